The molecule has 0 aliphatic heterocycles. The summed E-state index contributed by atoms with van der Waals surface area (Å²) in [6.07, 6.45) is 10.0. The molecule has 8 unspecified atom stereocenters. The maximum absolute atomic E-state index is 14.3. The Morgan fingerprint density at radius 2 is 0.482 bits per heavy atom. The zero-order valence-electron chi connectivity index (χ0n) is 48.9. The smallest absolute Gasteiger partial charge is 0.243 e. The average molecular weight is 1190 g/mol. The van der Waals surface area contributed by atoms with E-state index in [1.54, 1.807) is 0 Å². The highest BCUT2D eigenvalue weighted by atomic mass is 16.2. The summed E-state index contributed by atoms with van der Waals surface area (Å²) in [7, 11) is 0. The lowest BCUT2D eigenvalue weighted by Crippen LogP contribution is -2.57. The van der Waals surface area contributed by atoms with Crippen molar-refractivity contribution in [2.24, 2.45) is 52.5 Å². The first-order chi connectivity index (χ1) is 40.0. The number of amides is 9. The van der Waals surface area contributed by atoms with Crippen molar-refractivity contribution in [2.75, 3.05) is 52.4 Å². The second-order valence-electron chi connectivity index (χ2n) is 20.3. The van der Waals surface area contributed by atoms with E-state index in [4.69, 9.17) is 52.5 Å². The Morgan fingerprint density at radius 3 is 0.759 bits per heavy atom. The van der Waals surface area contributed by atoms with Gasteiger partial charge in [-0.25, -0.2) is 21.7 Å². The second kappa shape index (κ2) is 51.0. The van der Waals surface area contributed by atoms with E-state index in [-0.39, 0.29) is 63.7 Å². The van der Waals surface area contributed by atoms with Crippen molar-refractivity contribution in [2.45, 2.75) is 203 Å². The van der Waals surface area contributed by atoms with Crippen LogP contribution in [0.15, 0.2) is 0 Å². The van der Waals surface area contributed by atoms with Gasteiger partial charge in [0.15, 0.2) is 0 Å². The van der Waals surface area contributed by atoms with Crippen molar-refractivity contribution in [3.8, 4) is 0 Å². The number of unbranched alkanes of at least 4 members (excludes halogenated alkanes) is 7. The molecule has 34 N–H and O–H groups in total. The van der Waals surface area contributed by atoms with Gasteiger partial charge in [0, 0.05) is 59.3 Å². The Kier molecular flexibility index (Phi) is 47.7. The zero-order valence-corrected chi connectivity index (χ0v) is 48.9. The minimum atomic E-state index is -1.15. The fraction of sp³-hybridized carbons (Fsp3) is 0.816. The molecule has 0 bridgehead atoms. The van der Waals surface area contributed by atoms with Gasteiger partial charge in [0.05, 0.1) is 24.2 Å². The molecule has 0 heterocycles. The number of nitrogens with two attached hydrogens (primary N) is 9. The Bertz CT molecular complexity index is 1810. The standard InChI is InChI=1S/C49H107N25O9/c1-33(75)67-34(42(50)76)17-2-9-25-59-43(77)35(68-47(81)37(70-49(83)41(74-58)23-8-15-32-66-54)19-4-11-27-61-45(79)38(71-55)20-5-12-29-63-51)18-3-10-26-60-44(78)36(69-48(82)40(73-57)22-7-14-31-65-53)24-16-28-62-46(80)39(72-56)21-6-13-30-64-52/h34-41,63-66,71-74H,2-32,51-58H2,1H3,(H2,50,76)(H,59,77)(H,60,78)(H,61,79)(H,62,80)(H,67,75)(H,68,81)(H,69,82)(H,70,83). The van der Waals surface area contributed by atoms with Gasteiger partial charge in [-0.05, 0) is 148 Å². The molecule has 0 saturated carbocycles. The van der Waals surface area contributed by atoms with Crippen molar-refractivity contribution >= 4 is 53.2 Å². The van der Waals surface area contributed by atoms with Gasteiger partial charge in [-0.15, -0.1) is 0 Å². The summed E-state index contributed by atoms with van der Waals surface area (Å²) in [4.78, 5) is 118. The van der Waals surface area contributed by atoms with Crippen molar-refractivity contribution in [1.82, 2.24) is 85.9 Å². The number of hydrogen-bond acceptors (Lipinski definition) is 25. The highest BCUT2D eigenvalue weighted by Gasteiger charge is 2.30. The number of hydrazine groups is 8. The first kappa shape index (κ1) is 77.6. The van der Waals surface area contributed by atoms with E-state index >= 15 is 0 Å². The van der Waals surface area contributed by atoms with Crippen LogP contribution in [0.2, 0.25) is 0 Å². The Hall–Kier alpha value is -5.41. The van der Waals surface area contributed by atoms with Crippen molar-refractivity contribution in [3.63, 3.8) is 0 Å². The molecule has 34 nitrogen and oxygen atoms in total. The van der Waals surface area contributed by atoms with Gasteiger partial charge >= 0.3 is 0 Å². The molecule has 8 atom stereocenters. The summed E-state index contributed by atoms with van der Waals surface area (Å²) in [5.41, 5.74) is 25.8. The van der Waals surface area contributed by atoms with E-state index in [9.17, 15) is 43.2 Å². The normalized spacial score (nSPS) is 14.1. The molecule has 9 amide bonds. The van der Waals surface area contributed by atoms with Crippen molar-refractivity contribution in [3.05, 3.63) is 0 Å². The maximum Gasteiger partial charge on any atom is 0.243 e. The summed E-state index contributed by atoms with van der Waals surface area (Å²) in [5, 5.41) is 22.3. The zero-order chi connectivity index (χ0) is 62.0. The Morgan fingerprint density at radius 1 is 0.265 bits per heavy atom. The molecule has 0 spiro atoms. The molecule has 0 aromatic heterocycles. The van der Waals surface area contributed by atoms with Crippen LogP contribution in [-0.2, 0) is 43.2 Å². The summed E-state index contributed by atoms with van der Waals surface area (Å²) in [6, 6.07) is -7.19. The third kappa shape index (κ3) is 38.2. The fourth-order valence-electron chi connectivity index (χ4n) is 8.68. The van der Waals surface area contributed by atoms with Crippen LogP contribution in [-0.4, -0.2) is 154 Å². The molecule has 0 fully saturated rings. The van der Waals surface area contributed by atoms with Crippen LogP contribution in [0.5, 0.6) is 0 Å². The van der Waals surface area contributed by atoms with Gasteiger partial charge in [0.25, 0.3) is 0 Å². The van der Waals surface area contributed by atoms with Gasteiger partial charge < -0.3 is 48.3 Å². The number of carbonyl (C=O) groups is 9. The molecule has 0 aromatic rings. The highest BCUT2D eigenvalue weighted by molar-refractivity contribution is 5.93. The van der Waals surface area contributed by atoms with Crippen LogP contribution in [0.25, 0.3) is 0 Å². The minimum Gasteiger partial charge on any atom is -0.368 e. The quantitative estimate of drug-likeness (QED) is 0.0153. The number of hydrogen-bond donors (Lipinski definition) is 25. The average Bonchev–Trinajstić information content (AvgIpc) is 3.46. The van der Waals surface area contributed by atoms with E-state index in [2.05, 4.69) is 85.9 Å². The SMILES string of the molecule is CC(=O)NC(CCCCNC(=O)C(CCCCNC(=O)C(CCCNC(=O)C(CCCCNN)NN)NC(=O)C(CCCCNN)NN)NC(=O)C(CCCCNC(=O)C(CCCCNN)NN)NC(=O)C(CCCCNN)NN)C(N)=O. The van der Waals surface area contributed by atoms with E-state index in [0.717, 1.165) is 12.8 Å². The van der Waals surface area contributed by atoms with E-state index in [1.807, 2.05) is 0 Å². The van der Waals surface area contributed by atoms with Crippen LogP contribution in [0.3, 0.4) is 0 Å². The topological polar surface area (TPSA) is 580 Å². The van der Waals surface area contributed by atoms with Crippen molar-refractivity contribution in [1.29, 1.82) is 0 Å². The minimum absolute atomic E-state index is 0.0829. The molecule has 0 radical (unpaired) electrons. The van der Waals surface area contributed by atoms with Crippen LogP contribution in [0.4, 0.5) is 0 Å². The van der Waals surface area contributed by atoms with Crippen molar-refractivity contribution < 1.29 is 43.2 Å². The first-order valence-electron chi connectivity index (χ1n) is 29.1. The summed E-state index contributed by atoms with van der Waals surface area (Å²) >= 11 is 0. The molecule has 482 valence electrons. The van der Waals surface area contributed by atoms with E-state index in [0.29, 0.717) is 135 Å². The summed E-state index contributed by atoms with van der Waals surface area (Å²) < 4.78 is 0. The van der Waals surface area contributed by atoms with Crippen LogP contribution >= 0.6 is 0 Å². The van der Waals surface area contributed by atoms with Gasteiger partial charge in [-0.1, -0.05) is 0 Å². The molecular formula is C49H107N25O9. The highest BCUT2D eigenvalue weighted by Crippen LogP contribution is 2.10. The lowest BCUT2D eigenvalue weighted by molar-refractivity contribution is -0.133. The third-order valence-corrected chi connectivity index (χ3v) is 13.6. The fourth-order valence-corrected chi connectivity index (χ4v) is 8.68. The van der Waals surface area contributed by atoms with Gasteiger partial charge in [-0.3, -0.25) is 112 Å². The molecular weight excluding hydrogens is 1080 g/mol. The van der Waals surface area contributed by atoms with Gasteiger partial charge in [0.2, 0.25) is 53.2 Å². The number of primary amides is 1. The number of nitrogens with one attached hydrogen (secondary N) is 16. The van der Waals surface area contributed by atoms with E-state index < -0.39 is 89.7 Å². The van der Waals surface area contributed by atoms with Gasteiger partial charge in [0.1, 0.15) is 24.2 Å². The van der Waals surface area contributed by atoms with Gasteiger partial charge in [-0.2, -0.15) is 0 Å². The largest absolute Gasteiger partial charge is 0.368 e. The van der Waals surface area contributed by atoms with Crippen LogP contribution in [0, 0.1) is 0 Å². The Labute approximate surface area is 488 Å². The van der Waals surface area contributed by atoms with Crippen LogP contribution in [0.1, 0.15) is 155 Å². The summed E-state index contributed by atoms with van der Waals surface area (Å²) in [5.74, 6) is 39.8. The molecule has 0 rings (SSSR count). The van der Waals surface area contributed by atoms with Crippen LogP contribution < -0.4 is 138 Å². The van der Waals surface area contributed by atoms with E-state index in [1.165, 1.54) is 6.92 Å². The first-order valence-corrected chi connectivity index (χ1v) is 29.1. The molecule has 0 aliphatic carbocycles. The monoisotopic (exact) mass is 1190 g/mol. The molecule has 83 heavy (non-hydrogen) atoms. The summed E-state index contributed by atoms with van der Waals surface area (Å²) in [6.45, 7) is 4.11. The number of carbonyl (C=O) groups excluding carboxylic acids is 9. The molecule has 0 aromatic carbocycles. The lowest BCUT2D eigenvalue weighted by Gasteiger charge is -2.25. The number of rotatable bonds is 55. The lowest BCUT2D eigenvalue weighted by atomic mass is 10.0. The molecule has 0 saturated heterocycles. The molecule has 0 aliphatic rings. The Balaban J connectivity index is 6.39. The molecule has 34 heteroatoms. The predicted octanol–water partition coefficient (Wildman–Crippen LogP) is -7.95. The third-order valence-electron chi connectivity index (χ3n) is 13.6. The second-order valence-corrected chi connectivity index (χ2v) is 20.3. The maximum atomic E-state index is 14.3. The predicted molar refractivity (Wildman–Crippen MR) is 314 cm³/mol.